The summed E-state index contributed by atoms with van der Waals surface area (Å²) in [5, 5.41) is 7.41. The molecule has 4 N–H and O–H groups in total. The zero-order valence-corrected chi connectivity index (χ0v) is 18.1. The maximum atomic E-state index is 13.4. The highest BCUT2D eigenvalue weighted by Gasteiger charge is 2.20. The summed E-state index contributed by atoms with van der Waals surface area (Å²) in [7, 11) is 0. The zero-order chi connectivity index (χ0) is 21.6. The van der Waals surface area contributed by atoms with Gasteiger partial charge in [0.15, 0.2) is 0 Å². The first-order chi connectivity index (χ1) is 15.1. The van der Waals surface area contributed by atoms with E-state index in [4.69, 9.17) is 17.3 Å². The summed E-state index contributed by atoms with van der Waals surface area (Å²) in [6, 6.07) is 10.9. The molecule has 0 bridgehead atoms. The Morgan fingerprint density at radius 2 is 1.90 bits per heavy atom. The molecule has 1 aliphatic carbocycles. The van der Waals surface area contributed by atoms with Crippen molar-refractivity contribution in [1.82, 2.24) is 9.97 Å². The second-order valence-corrected chi connectivity index (χ2v) is 8.50. The number of nitrogens with zero attached hydrogens (tertiary/aromatic N) is 2. The van der Waals surface area contributed by atoms with Crippen LogP contribution in [0, 0.1) is 11.7 Å². The molecular formula is C24H27ClFN5. The van der Waals surface area contributed by atoms with Crippen LogP contribution < -0.4 is 16.4 Å². The monoisotopic (exact) mass is 439 g/mol. The van der Waals surface area contributed by atoms with E-state index in [1.165, 1.54) is 12.1 Å². The normalized spacial score (nSPS) is 18.5. The maximum absolute atomic E-state index is 13.4. The number of hydrogen-bond donors (Lipinski definition) is 3. The lowest BCUT2D eigenvalue weighted by molar-refractivity contribution is 0.344. The first kappa shape index (κ1) is 21.5. The van der Waals surface area contributed by atoms with Gasteiger partial charge in [-0.1, -0.05) is 23.7 Å². The lowest BCUT2D eigenvalue weighted by atomic mass is 9.86. The molecule has 0 radical (unpaired) electrons. The minimum absolute atomic E-state index is 0.244. The van der Waals surface area contributed by atoms with E-state index in [2.05, 4.69) is 20.6 Å². The number of anilines is 2. The Morgan fingerprint density at radius 3 is 2.68 bits per heavy atom. The predicted molar refractivity (Wildman–Crippen MR) is 125 cm³/mol. The van der Waals surface area contributed by atoms with Gasteiger partial charge in [-0.25, -0.2) is 9.37 Å². The number of nitrogens with one attached hydrogen (secondary N) is 2. The van der Waals surface area contributed by atoms with Gasteiger partial charge >= 0.3 is 0 Å². The molecule has 2 heterocycles. The molecule has 1 fully saturated rings. The van der Waals surface area contributed by atoms with Gasteiger partial charge in [-0.15, -0.1) is 0 Å². The number of halogens is 2. The molecule has 2 aromatic heterocycles. The zero-order valence-electron chi connectivity index (χ0n) is 17.3. The fourth-order valence-electron chi connectivity index (χ4n) is 4.03. The fraction of sp³-hybridized carbons (Fsp3) is 0.333. The van der Waals surface area contributed by atoms with E-state index in [9.17, 15) is 4.39 Å². The largest absolute Gasteiger partial charge is 0.380 e. The third kappa shape index (κ3) is 5.71. The van der Waals surface area contributed by atoms with E-state index in [1.807, 2.05) is 18.2 Å². The van der Waals surface area contributed by atoms with Gasteiger partial charge in [0.25, 0.3) is 0 Å². The van der Waals surface area contributed by atoms with Crippen molar-refractivity contribution in [2.24, 2.45) is 11.7 Å². The van der Waals surface area contributed by atoms with Crippen LogP contribution in [0.15, 0.2) is 55.0 Å². The Kier molecular flexibility index (Phi) is 6.99. The summed E-state index contributed by atoms with van der Waals surface area (Å²) in [6.45, 7) is 1.28. The summed E-state index contributed by atoms with van der Waals surface area (Å²) in [6.07, 6.45) is 9.70. The van der Waals surface area contributed by atoms with Crippen LogP contribution in [-0.2, 0) is 6.54 Å². The quantitative estimate of drug-likeness (QED) is 0.454. The van der Waals surface area contributed by atoms with E-state index in [1.54, 1.807) is 24.7 Å². The van der Waals surface area contributed by atoms with E-state index >= 15 is 0 Å². The maximum Gasteiger partial charge on any atom is 0.126 e. The highest BCUT2D eigenvalue weighted by atomic mass is 35.5. The molecule has 4 rings (SSSR count). The molecule has 5 nitrogen and oxygen atoms in total. The molecule has 0 amide bonds. The van der Waals surface area contributed by atoms with E-state index in [-0.39, 0.29) is 5.82 Å². The van der Waals surface area contributed by atoms with E-state index in [0.29, 0.717) is 23.5 Å². The standard InChI is InChI=1S/C24H27ClFN5/c25-23-15-30-24(31-20-6-4-16(11-27)5-7-20)10-22(23)18-9-21(14-28-13-18)29-12-17-2-1-3-19(26)8-17/h1-3,8-10,13-16,20,29H,4-7,11-12,27H2,(H,30,31). The average molecular weight is 440 g/mol. The molecule has 0 atom stereocenters. The number of hydrogen-bond acceptors (Lipinski definition) is 5. The first-order valence-electron chi connectivity index (χ1n) is 10.7. The minimum Gasteiger partial charge on any atom is -0.380 e. The van der Waals surface area contributed by atoms with Crippen molar-refractivity contribution in [3.8, 4) is 11.1 Å². The van der Waals surface area contributed by atoms with Crippen LogP contribution >= 0.6 is 11.6 Å². The summed E-state index contributed by atoms with van der Waals surface area (Å²) < 4.78 is 13.4. The Morgan fingerprint density at radius 1 is 1.06 bits per heavy atom. The molecule has 162 valence electrons. The number of nitrogens with two attached hydrogens (primary N) is 1. The second-order valence-electron chi connectivity index (χ2n) is 8.09. The van der Waals surface area contributed by atoms with Crippen LogP contribution in [0.3, 0.4) is 0 Å². The van der Waals surface area contributed by atoms with Gasteiger partial charge in [0, 0.05) is 42.3 Å². The van der Waals surface area contributed by atoms with Crippen LogP contribution in [-0.4, -0.2) is 22.6 Å². The number of rotatable bonds is 7. The van der Waals surface area contributed by atoms with Crippen molar-refractivity contribution in [3.63, 3.8) is 0 Å². The fourth-order valence-corrected chi connectivity index (χ4v) is 4.24. The summed E-state index contributed by atoms with van der Waals surface area (Å²) >= 11 is 6.46. The highest BCUT2D eigenvalue weighted by Crippen LogP contribution is 2.32. The Labute approximate surface area is 187 Å². The summed E-state index contributed by atoms with van der Waals surface area (Å²) in [5.41, 5.74) is 9.27. The first-order valence-corrected chi connectivity index (χ1v) is 11.0. The molecular weight excluding hydrogens is 413 g/mol. The molecule has 3 aromatic rings. The van der Waals surface area contributed by atoms with Crippen molar-refractivity contribution in [3.05, 3.63) is 71.4 Å². The predicted octanol–water partition coefficient (Wildman–Crippen LogP) is 5.48. The molecule has 1 saturated carbocycles. The van der Waals surface area contributed by atoms with Gasteiger partial charge in [-0.3, -0.25) is 4.98 Å². The topological polar surface area (TPSA) is 75.9 Å². The van der Waals surface area contributed by atoms with Crippen molar-refractivity contribution >= 4 is 23.1 Å². The number of benzene rings is 1. The third-order valence-electron chi connectivity index (χ3n) is 5.82. The van der Waals surface area contributed by atoms with Crippen LogP contribution in [0.4, 0.5) is 15.9 Å². The number of aromatic nitrogens is 2. The van der Waals surface area contributed by atoms with E-state index in [0.717, 1.165) is 60.4 Å². The lowest BCUT2D eigenvalue weighted by Gasteiger charge is -2.28. The van der Waals surface area contributed by atoms with Gasteiger partial charge in [-0.05, 0) is 68.0 Å². The van der Waals surface area contributed by atoms with Crippen LogP contribution in [0.5, 0.6) is 0 Å². The van der Waals surface area contributed by atoms with E-state index < -0.39 is 0 Å². The van der Waals surface area contributed by atoms with Crippen molar-refractivity contribution < 1.29 is 4.39 Å². The van der Waals surface area contributed by atoms with Crippen molar-refractivity contribution in [2.75, 3.05) is 17.2 Å². The highest BCUT2D eigenvalue weighted by molar-refractivity contribution is 6.33. The second kappa shape index (κ2) is 10.1. The van der Waals surface area contributed by atoms with Gasteiger partial charge in [0.2, 0.25) is 0 Å². The van der Waals surface area contributed by atoms with Crippen molar-refractivity contribution in [2.45, 2.75) is 38.3 Å². The summed E-state index contributed by atoms with van der Waals surface area (Å²) in [5.74, 6) is 1.21. The lowest BCUT2D eigenvalue weighted by Crippen LogP contribution is -2.29. The third-order valence-corrected chi connectivity index (χ3v) is 6.12. The van der Waals surface area contributed by atoms with Crippen LogP contribution in [0.2, 0.25) is 5.02 Å². The Bertz CT molecular complexity index is 1020. The van der Waals surface area contributed by atoms with Gasteiger partial charge in [0.1, 0.15) is 11.6 Å². The molecule has 7 heteroatoms. The van der Waals surface area contributed by atoms with Crippen LogP contribution in [0.1, 0.15) is 31.2 Å². The van der Waals surface area contributed by atoms with Gasteiger partial charge in [-0.2, -0.15) is 0 Å². The molecule has 1 aromatic carbocycles. The minimum atomic E-state index is -0.244. The summed E-state index contributed by atoms with van der Waals surface area (Å²) in [4.78, 5) is 8.81. The molecule has 0 saturated heterocycles. The number of pyridine rings is 2. The molecule has 31 heavy (non-hydrogen) atoms. The molecule has 1 aliphatic rings. The van der Waals surface area contributed by atoms with Gasteiger partial charge < -0.3 is 16.4 Å². The Hall–Kier alpha value is -2.70. The van der Waals surface area contributed by atoms with Crippen LogP contribution in [0.25, 0.3) is 11.1 Å². The average Bonchev–Trinajstić information content (AvgIpc) is 2.80. The molecule has 0 spiro atoms. The molecule has 0 aliphatic heterocycles. The molecule has 0 unspecified atom stereocenters. The Balaban J connectivity index is 1.46. The SMILES string of the molecule is NCC1CCC(Nc2cc(-c3cncc(NCc4cccc(F)c4)c3)c(Cl)cn2)CC1. The van der Waals surface area contributed by atoms with Gasteiger partial charge in [0.05, 0.1) is 10.7 Å². The van der Waals surface area contributed by atoms with Crippen molar-refractivity contribution in [1.29, 1.82) is 0 Å². The smallest absolute Gasteiger partial charge is 0.126 e.